The predicted molar refractivity (Wildman–Crippen MR) is 98.2 cm³/mol. The van der Waals surface area contributed by atoms with Crippen molar-refractivity contribution in [1.82, 2.24) is 15.1 Å². The van der Waals surface area contributed by atoms with Gasteiger partial charge in [-0.25, -0.2) is 9.07 Å². The summed E-state index contributed by atoms with van der Waals surface area (Å²) in [5, 5.41) is 6.21. The van der Waals surface area contributed by atoms with E-state index in [1.807, 2.05) is 19.9 Å². The monoisotopic (exact) mass is 411 g/mol. The Morgan fingerprint density at radius 3 is 2.50 bits per heavy atom. The van der Waals surface area contributed by atoms with E-state index in [0.717, 1.165) is 27.6 Å². The molecule has 1 unspecified atom stereocenters. The average molecular weight is 411 g/mol. The van der Waals surface area contributed by atoms with Crippen molar-refractivity contribution in [2.75, 3.05) is 0 Å². The standard InChI is InChI=1S/C19H17F4N3OS/c1-10-8-13(12(3)28-10)11(2)25-18(27)14-9-24-26(17(14)19(21,22)23)16-7-5-4-6-15(16)20/h4-9,11H,1-3H3,(H,25,27). The molecular formula is C19H17F4N3OS. The molecule has 28 heavy (non-hydrogen) atoms. The van der Waals surface area contributed by atoms with Crippen molar-refractivity contribution in [3.05, 3.63) is 68.9 Å². The van der Waals surface area contributed by atoms with E-state index in [4.69, 9.17) is 0 Å². The zero-order valence-corrected chi connectivity index (χ0v) is 16.1. The number of carbonyl (C=O) groups excluding carboxylic acids is 1. The summed E-state index contributed by atoms with van der Waals surface area (Å²) in [7, 11) is 0. The Balaban J connectivity index is 1.99. The first-order chi connectivity index (χ1) is 13.1. The van der Waals surface area contributed by atoms with Crippen LogP contribution in [0.3, 0.4) is 0 Å². The Morgan fingerprint density at radius 1 is 1.25 bits per heavy atom. The minimum Gasteiger partial charge on any atom is -0.345 e. The van der Waals surface area contributed by atoms with Gasteiger partial charge < -0.3 is 5.32 Å². The van der Waals surface area contributed by atoms with E-state index in [9.17, 15) is 22.4 Å². The molecule has 0 spiro atoms. The van der Waals surface area contributed by atoms with Crippen LogP contribution in [0, 0.1) is 19.7 Å². The van der Waals surface area contributed by atoms with E-state index >= 15 is 0 Å². The molecule has 0 fully saturated rings. The molecule has 0 saturated heterocycles. The highest BCUT2D eigenvalue weighted by Crippen LogP contribution is 2.34. The van der Waals surface area contributed by atoms with E-state index in [0.29, 0.717) is 4.68 Å². The van der Waals surface area contributed by atoms with Gasteiger partial charge in [-0.15, -0.1) is 11.3 Å². The summed E-state index contributed by atoms with van der Waals surface area (Å²) in [6.07, 6.45) is -4.09. The van der Waals surface area contributed by atoms with Gasteiger partial charge in [0.25, 0.3) is 5.91 Å². The maximum atomic E-state index is 14.0. The van der Waals surface area contributed by atoms with Gasteiger partial charge in [-0.05, 0) is 44.5 Å². The minimum absolute atomic E-state index is 0.383. The van der Waals surface area contributed by atoms with Crippen LogP contribution in [0.25, 0.3) is 5.69 Å². The lowest BCUT2D eigenvalue weighted by molar-refractivity contribution is -0.143. The van der Waals surface area contributed by atoms with Gasteiger partial charge in [-0.1, -0.05) is 12.1 Å². The summed E-state index contributed by atoms with van der Waals surface area (Å²) < 4.78 is 55.5. The topological polar surface area (TPSA) is 46.9 Å². The molecule has 2 aromatic heterocycles. The van der Waals surface area contributed by atoms with Gasteiger partial charge in [-0.2, -0.15) is 18.3 Å². The number of rotatable bonds is 4. The Morgan fingerprint density at radius 2 is 1.93 bits per heavy atom. The van der Waals surface area contributed by atoms with Gasteiger partial charge in [0, 0.05) is 9.75 Å². The van der Waals surface area contributed by atoms with Crippen LogP contribution in [0.5, 0.6) is 0 Å². The third-order valence-electron chi connectivity index (χ3n) is 4.26. The highest BCUT2D eigenvalue weighted by molar-refractivity contribution is 7.12. The smallest absolute Gasteiger partial charge is 0.345 e. The van der Waals surface area contributed by atoms with Gasteiger partial charge in [-0.3, -0.25) is 4.79 Å². The molecule has 0 bridgehead atoms. The van der Waals surface area contributed by atoms with E-state index in [1.165, 1.54) is 18.2 Å². The Labute approximate surface area is 162 Å². The minimum atomic E-state index is -4.90. The fraction of sp³-hybridized carbons (Fsp3) is 0.263. The van der Waals surface area contributed by atoms with E-state index in [1.54, 1.807) is 18.3 Å². The van der Waals surface area contributed by atoms with Crippen molar-refractivity contribution in [3.8, 4) is 5.69 Å². The first-order valence-electron chi connectivity index (χ1n) is 8.37. The number of halogens is 4. The number of aromatic nitrogens is 2. The van der Waals surface area contributed by atoms with Crippen molar-refractivity contribution in [2.24, 2.45) is 0 Å². The van der Waals surface area contributed by atoms with Gasteiger partial charge in [0.05, 0.1) is 17.8 Å². The summed E-state index contributed by atoms with van der Waals surface area (Å²) in [6, 6.07) is 6.34. The molecule has 9 heteroatoms. The summed E-state index contributed by atoms with van der Waals surface area (Å²) in [6.45, 7) is 5.49. The molecule has 1 amide bonds. The van der Waals surface area contributed by atoms with Crippen molar-refractivity contribution in [3.63, 3.8) is 0 Å². The molecule has 1 atom stereocenters. The zero-order valence-electron chi connectivity index (χ0n) is 15.3. The largest absolute Gasteiger partial charge is 0.434 e. The lowest BCUT2D eigenvalue weighted by atomic mass is 10.1. The second-order valence-electron chi connectivity index (χ2n) is 6.33. The van der Waals surface area contributed by atoms with Crippen LogP contribution >= 0.6 is 11.3 Å². The highest BCUT2D eigenvalue weighted by Gasteiger charge is 2.41. The molecule has 148 valence electrons. The molecule has 0 aliphatic carbocycles. The predicted octanol–water partition coefficient (Wildman–Crippen LogP) is 5.20. The Kier molecular flexibility index (Phi) is 5.29. The van der Waals surface area contributed by atoms with Gasteiger partial charge in [0.15, 0.2) is 5.69 Å². The first kappa shape index (κ1) is 20.1. The van der Waals surface area contributed by atoms with Crippen molar-refractivity contribution in [1.29, 1.82) is 0 Å². The molecule has 0 saturated carbocycles. The summed E-state index contributed by atoms with van der Waals surface area (Å²) >= 11 is 1.54. The van der Waals surface area contributed by atoms with Crippen molar-refractivity contribution < 1.29 is 22.4 Å². The maximum Gasteiger partial charge on any atom is 0.434 e. The SMILES string of the molecule is Cc1cc(C(C)NC(=O)c2cnn(-c3ccccc3F)c2C(F)(F)F)c(C)s1. The molecule has 1 N–H and O–H groups in total. The number of thiophene rings is 1. The lowest BCUT2D eigenvalue weighted by Crippen LogP contribution is -2.29. The number of alkyl halides is 3. The molecular weight excluding hydrogens is 394 g/mol. The Hall–Kier alpha value is -2.68. The van der Waals surface area contributed by atoms with Crippen LogP contribution in [0.2, 0.25) is 0 Å². The third-order valence-corrected chi connectivity index (χ3v) is 5.24. The summed E-state index contributed by atoms with van der Waals surface area (Å²) in [5.41, 5.74) is -1.52. The summed E-state index contributed by atoms with van der Waals surface area (Å²) in [4.78, 5) is 14.6. The number of nitrogens with one attached hydrogen (secondary N) is 1. The van der Waals surface area contributed by atoms with Crippen molar-refractivity contribution >= 4 is 17.2 Å². The molecule has 1 aromatic carbocycles. The van der Waals surface area contributed by atoms with E-state index in [-0.39, 0.29) is 5.69 Å². The number of hydrogen-bond acceptors (Lipinski definition) is 3. The average Bonchev–Trinajstić information content (AvgIpc) is 3.18. The quantitative estimate of drug-likeness (QED) is 0.600. The zero-order chi connectivity index (χ0) is 20.6. The van der Waals surface area contributed by atoms with Crippen LogP contribution < -0.4 is 5.32 Å². The molecule has 2 heterocycles. The van der Waals surface area contributed by atoms with Crippen LogP contribution in [-0.4, -0.2) is 15.7 Å². The highest BCUT2D eigenvalue weighted by atomic mass is 32.1. The molecule has 0 aliphatic rings. The number of benzene rings is 1. The van der Waals surface area contributed by atoms with E-state index in [2.05, 4.69) is 10.4 Å². The molecule has 0 radical (unpaired) electrons. The fourth-order valence-electron chi connectivity index (χ4n) is 3.03. The molecule has 0 aliphatic heterocycles. The number of nitrogens with zero attached hydrogens (tertiary/aromatic N) is 2. The number of carbonyl (C=O) groups is 1. The normalized spacial score (nSPS) is 12.8. The first-order valence-corrected chi connectivity index (χ1v) is 9.19. The second kappa shape index (κ2) is 7.38. The number of hydrogen-bond donors (Lipinski definition) is 1. The van der Waals surface area contributed by atoms with Crippen LogP contribution in [0.4, 0.5) is 17.6 Å². The second-order valence-corrected chi connectivity index (χ2v) is 7.79. The number of para-hydroxylation sites is 1. The van der Waals surface area contributed by atoms with Crippen molar-refractivity contribution in [2.45, 2.75) is 33.0 Å². The van der Waals surface area contributed by atoms with Crippen LogP contribution in [0.15, 0.2) is 36.5 Å². The van der Waals surface area contributed by atoms with Crippen LogP contribution in [-0.2, 0) is 6.18 Å². The van der Waals surface area contributed by atoms with Gasteiger partial charge in [0.2, 0.25) is 0 Å². The number of amides is 1. The van der Waals surface area contributed by atoms with E-state index < -0.39 is 35.2 Å². The Bertz CT molecular complexity index is 1020. The summed E-state index contributed by atoms with van der Waals surface area (Å²) in [5.74, 6) is -1.80. The molecule has 4 nitrogen and oxygen atoms in total. The third kappa shape index (κ3) is 3.80. The van der Waals surface area contributed by atoms with Gasteiger partial charge >= 0.3 is 6.18 Å². The maximum absolute atomic E-state index is 14.0. The van der Waals surface area contributed by atoms with Crippen LogP contribution in [0.1, 0.15) is 44.3 Å². The molecule has 3 rings (SSSR count). The molecule has 3 aromatic rings. The fourth-order valence-corrected chi connectivity index (χ4v) is 4.05. The van der Waals surface area contributed by atoms with Gasteiger partial charge in [0.1, 0.15) is 11.5 Å². The number of aryl methyl sites for hydroxylation is 2. The lowest BCUT2D eigenvalue weighted by Gasteiger charge is -2.16.